The highest BCUT2D eigenvalue weighted by atomic mass is 16.5. The van der Waals surface area contributed by atoms with Gasteiger partial charge in [-0.25, -0.2) is 0 Å². The summed E-state index contributed by atoms with van der Waals surface area (Å²) in [6.07, 6.45) is 3.38. The van der Waals surface area contributed by atoms with Gasteiger partial charge in [-0.05, 0) is 37.5 Å². The van der Waals surface area contributed by atoms with Gasteiger partial charge in [0, 0.05) is 18.5 Å². The molecule has 1 saturated carbocycles. The highest BCUT2D eigenvalue weighted by Gasteiger charge is 2.34. The summed E-state index contributed by atoms with van der Waals surface area (Å²) in [6.45, 7) is 1.53. The molecule has 108 valence electrons. The zero-order valence-corrected chi connectivity index (χ0v) is 11.4. The van der Waals surface area contributed by atoms with E-state index in [4.69, 9.17) is 9.47 Å². The van der Waals surface area contributed by atoms with Crippen molar-refractivity contribution in [3.8, 4) is 11.5 Å². The van der Waals surface area contributed by atoms with Crippen LogP contribution in [0.3, 0.4) is 0 Å². The second-order valence-electron chi connectivity index (χ2n) is 5.47. The van der Waals surface area contributed by atoms with Crippen LogP contribution in [0.25, 0.3) is 0 Å². The summed E-state index contributed by atoms with van der Waals surface area (Å²) in [4.78, 5) is 12.1. The first-order valence-electron chi connectivity index (χ1n) is 7.07. The minimum atomic E-state index is -0.707. The average molecular weight is 277 g/mol. The van der Waals surface area contributed by atoms with Gasteiger partial charge in [0.15, 0.2) is 11.5 Å². The Bertz CT molecular complexity index is 511. The van der Waals surface area contributed by atoms with Crippen LogP contribution in [0.1, 0.15) is 36.0 Å². The van der Waals surface area contributed by atoms with Gasteiger partial charge < -0.3 is 19.9 Å². The van der Waals surface area contributed by atoms with E-state index in [9.17, 15) is 9.90 Å². The van der Waals surface area contributed by atoms with Gasteiger partial charge in [-0.2, -0.15) is 0 Å². The van der Waals surface area contributed by atoms with Crippen LogP contribution < -0.4 is 14.8 Å². The number of amides is 1. The van der Waals surface area contributed by atoms with Crippen LogP contribution >= 0.6 is 0 Å². The monoisotopic (exact) mass is 277 g/mol. The molecule has 0 saturated heterocycles. The van der Waals surface area contributed by atoms with Crippen molar-refractivity contribution in [1.82, 2.24) is 5.32 Å². The Morgan fingerprint density at radius 3 is 2.65 bits per heavy atom. The van der Waals surface area contributed by atoms with Gasteiger partial charge in [-0.15, -0.1) is 0 Å². The standard InChI is InChI=1S/C15H19NO4/c17-14(16-10-15(18)5-1-6-15)11-3-4-12-13(9-11)20-8-2-7-19-12/h3-4,9,18H,1-2,5-8,10H2,(H,16,17). The minimum absolute atomic E-state index is 0.194. The van der Waals surface area contributed by atoms with Crippen molar-refractivity contribution < 1.29 is 19.4 Å². The van der Waals surface area contributed by atoms with Crippen molar-refractivity contribution in [1.29, 1.82) is 0 Å². The van der Waals surface area contributed by atoms with E-state index in [1.807, 2.05) is 0 Å². The Morgan fingerprint density at radius 1 is 1.20 bits per heavy atom. The van der Waals surface area contributed by atoms with Crippen molar-refractivity contribution in [3.63, 3.8) is 0 Å². The third kappa shape index (κ3) is 2.72. The molecule has 1 aromatic rings. The molecule has 0 bridgehead atoms. The summed E-state index contributed by atoms with van der Waals surface area (Å²) in [5.41, 5.74) is -0.182. The fourth-order valence-corrected chi connectivity index (χ4v) is 2.41. The molecule has 1 fully saturated rings. The Hall–Kier alpha value is -1.75. The van der Waals surface area contributed by atoms with Gasteiger partial charge in [0.05, 0.1) is 18.8 Å². The van der Waals surface area contributed by atoms with Crippen LogP contribution in [0.4, 0.5) is 0 Å². The number of ether oxygens (including phenoxy) is 2. The molecule has 1 heterocycles. The first-order chi connectivity index (χ1) is 9.66. The number of hydrogen-bond acceptors (Lipinski definition) is 4. The van der Waals surface area contributed by atoms with Crippen molar-refractivity contribution in [2.75, 3.05) is 19.8 Å². The van der Waals surface area contributed by atoms with Gasteiger partial charge in [-0.1, -0.05) is 0 Å². The van der Waals surface area contributed by atoms with E-state index in [0.717, 1.165) is 25.7 Å². The van der Waals surface area contributed by atoms with E-state index < -0.39 is 5.60 Å². The summed E-state index contributed by atoms with van der Waals surface area (Å²) >= 11 is 0. The first-order valence-corrected chi connectivity index (χ1v) is 7.07. The molecule has 20 heavy (non-hydrogen) atoms. The molecule has 0 radical (unpaired) electrons. The smallest absolute Gasteiger partial charge is 0.251 e. The fraction of sp³-hybridized carbons (Fsp3) is 0.533. The number of aliphatic hydroxyl groups is 1. The molecule has 5 nitrogen and oxygen atoms in total. The van der Waals surface area contributed by atoms with E-state index in [0.29, 0.717) is 36.8 Å². The Labute approximate surface area is 117 Å². The predicted octanol–water partition coefficient (Wildman–Crippen LogP) is 1.49. The van der Waals surface area contributed by atoms with Crippen LogP contribution in [0.2, 0.25) is 0 Å². The van der Waals surface area contributed by atoms with Crippen LogP contribution in [0, 0.1) is 0 Å². The number of hydrogen-bond donors (Lipinski definition) is 2. The normalized spacial score (nSPS) is 19.6. The third-order valence-electron chi connectivity index (χ3n) is 3.87. The molecular formula is C15H19NO4. The quantitative estimate of drug-likeness (QED) is 0.878. The molecule has 5 heteroatoms. The average Bonchev–Trinajstić information content (AvgIpc) is 2.67. The number of nitrogens with one attached hydrogen (secondary N) is 1. The topological polar surface area (TPSA) is 67.8 Å². The third-order valence-corrected chi connectivity index (χ3v) is 3.87. The minimum Gasteiger partial charge on any atom is -0.490 e. The summed E-state index contributed by atoms with van der Waals surface area (Å²) in [5, 5.41) is 12.8. The predicted molar refractivity (Wildman–Crippen MR) is 73.2 cm³/mol. The molecule has 3 rings (SSSR count). The Morgan fingerprint density at radius 2 is 1.95 bits per heavy atom. The van der Waals surface area contributed by atoms with Crippen LogP contribution in [-0.4, -0.2) is 36.4 Å². The zero-order valence-electron chi connectivity index (χ0n) is 11.4. The maximum Gasteiger partial charge on any atom is 0.251 e. The molecule has 1 aromatic carbocycles. The van der Waals surface area contributed by atoms with Crippen LogP contribution in [0.15, 0.2) is 18.2 Å². The van der Waals surface area contributed by atoms with Crippen molar-refractivity contribution in [2.45, 2.75) is 31.3 Å². The van der Waals surface area contributed by atoms with E-state index >= 15 is 0 Å². The Kier molecular flexibility index (Phi) is 3.53. The van der Waals surface area contributed by atoms with Crippen molar-refractivity contribution in [2.24, 2.45) is 0 Å². The number of carbonyl (C=O) groups excluding carboxylic acids is 1. The zero-order chi connectivity index (χ0) is 14.0. The molecule has 2 aliphatic rings. The van der Waals surface area contributed by atoms with Gasteiger partial charge in [0.2, 0.25) is 0 Å². The molecule has 1 amide bonds. The molecule has 1 aliphatic heterocycles. The van der Waals surface area contributed by atoms with E-state index in [-0.39, 0.29) is 5.91 Å². The lowest BCUT2D eigenvalue weighted by Gasteiger charge is -2.36. The largest absolute Gasteiger partial charge is 0.490 e. The summed E-state index contributed by atoms with van der Waals surface area (Å²) < 4.78 is 11.1. The van der Waals surface area contributed by atoms with Gasteiger partial charge >= 0.3 is 0 Å². The van der Waals surface area contributed by atoms with E-state index in [1.165, 1.54) is 0 Å². The van der Waals surface area contributed by atoms with E-state index in [1.54, 1.807) is 18.2 Å². The SMILES string of the molecule is O=C(NCC1(O)CCC1)c1ccc2c(c1)OCCCO2. The number of fused-ring (bicyclic) bond motifs is 1. The van der Waals surface area contributed by atoms with Crippen LogP contribution in [0.5, 0.6) is 11.5 Å². The van der Waals surface area contributed by atoms with Gasteiger partial charge in [-0.3, -0.25) is 4.79 Å². The fourth-order valence-electron chi connectivity index (χ4n) is 2.41. The molecule has 0 spiro atoms. The number of rotatable bonds is 3. The highest BCUT2D eigenvalue weighted by Crippen LogP contribution is 2.32. The maximum absolute atomic E-state index is 12.1. The van der Waals surface area contributed by atoms with Crippen molar-refractivity contribution >= 4 is 5.91 Å². The van der Waals surface area contributed by atoms with E-state index in [2.05, 4.69) is 5.32 Å². The second kappa shape index (κ2) is 5.32. The molecule has 0 atom stereocenters. The summed E-state index contributed by atoms with van der Waals surface area (Å²) in [6, 6.07) is 5.17. The molecule has 2 N–H and O–H groups in total. The summed E-state index contributed by atoms with van der Waals surface area (Å²) in [5.74, 6) is 1.09. The van der Waals surface area contributed by atoms with Gasteiger partial charge in [0.1, 0.15) is 0 Å². The first kappa shape index (κ1) is 13.2. The molecule has 0 unspecified atom stereocenters. The maximum atomic E-state index is 12.1. The molecule has 1 aliphatic carbocycles. The van der Waals surface area contributed by atoms with Crippen LogP contribution in [-0.2, 0) is 0 Å². The number of benzene rings is 1. The lowest BCUT2D eigenvalue weighted by Crippen LogP contribution is -2.47. The Balaban J connectivity index is 1.67. The summed E-state index contributed by atoms with van der Waals surface area (Å²) in [7, 11) is 0. The van der Waals surface area contributed by atoms with Gasteiger partial charge in [0.25, 0.3) is 5.91 Å². The van der Waals surface area contributed by atoms with Crippen molar-refractivity contribution in [3.05, 3.63) is 23.8 Å². The molecular weight excluding hydrogens is 258 g/mol. The lowest BCUT2D eigenvalue weighted by molar-refractivity contribution is -0.0300. The lowest BCUT2D eigenvalue weighted by atomic mass is 9.80. The molecule has 0 aromatic heterocycles. The second-order valence-corrected chi connectivity index (χ2v) is 5.47. The number of carbonyl (C=O) groups is 1. The highest BCUT2D eigenvalue weighted by molar-refractivity contribution is 5.94.